The van der Waals surface area contributed by atoms with Crippen LogP contribution in [0, 0.1) is 11.8 Å². The van der Waals surface area contributed by atoms with Gasteiger partial charge in [0.25, 0.3) is 0 Å². The molecule has 0 bridgehead atoms. The quantitative estimate of drug-likeness (QED) is 0.479. The average molecular weight is 481 g/mol. The summed E-state index contributed by atoms with van der Waals surface area (Å²) in [6, 6.07) is 10.8. The van der Waals surface area contributed by atoms with Crippen molar-refractivity contribution >= 4 is 23.5 Å². The van der Waals surface area contributed by atoms with Gasteiger partial charge in [0.05, 0.1) is 24.1 Å². The van der Waals surface area contributed by atoms with E-state index in [1.807, 2.05) is 6.92 Å². The predicted molar refractivity (Wildman–Crippen MR) is 125 cm³/mol. The van der Waals surface area contributed by atoms with Crippen molar-refractivity contribution in [2.45, 2.75) is 38.3 Å². The van der Waals surface area contributed by atoms with Crippen LogP contribution in [-0.2, 0) is 19.1 Å². The Bertz CT molecular complexity index is 1160. The first kappa shape index (κ1) is 23.2. The van der Waals surface area contributed by atoms with Crippen LogP contribution in [0.1, 0.15) is 38.3 Å². The summed E-state index contributed by atoms with van der Waals surface area (Å²) in [7, 11) is 0. The molecule has 184 valence electrons. The topological polar surface area (TPSA) is 114 Å². The highest BCUT2D eigenvalue weighted by molar-refractivity contribution is 6.24. The van der Waals surface area contributed by atoms with E-state index in [1.165, 1.54) is 12.1 Å². The van der Waals surface area contributed by atoms with Crippen molar-refractivity contribution in [1.29, 1.82) is 0 Å². The molecule has 2 amide bonds. The van der Waals surface area contributed by atoms with Gasteiger partial charge in [0.1, 0.15) is 24.5 Å². The molecule has 0 aliphatic carbocycles. The van der Waals surface area contributed by atoms with E-state index >= 15 is 0 Å². The van der Waals surface area contributed by atoms with Crippen LogP contribution in [0.2, 0.25) is 0 Å². The van der Waals surface area contributed by atoms with E-state index in [9.17, 15) is 19.5 Å². The maximum atomic E-state index is 13.9. The maximum absolute atomic E-state index is 13.9. The molecule has 3 heterocycles. The average Bonchev–Trinajstić information content (AvgIpc) is 3.34. The Hall–Kier alpha value is -3.59. The minimum atomic E-state index is -1.35. The molecule has 9 nitrogen and oxygen atoms in total. The molecule has 35 heavy (non-hydrogen) atoms. The summed E-state index contributed by atoms with van der Waals surface area (Å²) in [5.41, 5.74) is -0.282. The van der Waals surface area contributed by atoms with Gasteiger partial charge in [0.15, 0.2) is 11.5 Å². The van der Waals surface area contributed by atoms with Crippen LogP contribution >= 0.6 is 0 Å². The van der Waals surface area contributed by atoms with Crippen LogP contribution < -0.4 is 19.7 Å². The molecule has 3 aliphatic heterocycles. The number of hydrogen-bond donors (Lipinski definition) is 2. The second-order valence-corrected chi connectivity index (χ2v) is 9.00. The van der Waals surface area contributed by atoms with E-state index in [4.69, 9.17) is 14.2 Å². The smallest absolute Gasteiger partial charge is 0.327 e. The Kier molecular flexibility index (Phi) is 5.88. The predicted octanol–water partition coefficient (Wildman–Crippen LogP) is 2.72. The Morgan fingerprint density at radius 2 is 1.80 bits per heavy atom. The minimum absolute atomic E-state index is 0.0836. The van der Waals surface area contributed by atoms with Gasteiger partial charge in [0, 0.05) is 12.1 Å². The summed E-state index contributed by atoms with van der Waals surface area (Å²) < 4.78 is 16.7. The number of imide groups is 1. The molecule has 2 aromatic carbocycles. The first-order valence-corrected chi connectivity index (χ1v) is 11.9. The Balaban J connectivity index is 1.61. The number of amides is 2. The third-order valence-electron chi connectivity index (χ3n) is 6.97. The summed E-state index contributed by atoms with van der Waals surface area (Å²) in [4.78, 5) is 42.4. The zero-order valence-corrected chi connectivity index (χ0v) is 19.7. The number of hydrogen-bond acceptors (Lipinski definition) is 8. The third kappa shape index (κ3) is 3.61. The first-order valence-electron chi connectivity index (χ1n) is 11.9. The number of phenolic OH excluding ortho intramolecular Hbond substituents is 1. The Morgan fingerprint density at radius 3 is 2.49 bits per heavy atom. The highest BCUT2D eigenvalue weighted by Gasteiger charge is 2.68. The van der Waals surface area contributed by atoms with E-state index in [1.54, 1.807) is 37.3 Å². The lowest BCUT2D eigenvalue weighted by molar-refractivity contribution is -0.155. The number of carbonyl (C=O) groups is 3. The fraction of sp³-hybridized carbons (Fsp3) is 0.423. The van der Waals surface area contributed by atoms with Gasteiger partial charge in [-0.05, 0) is 43.2 Å². The molecule has 0 spiro atoms. The van der Waals surface area contributed by atoms with E-state index in [0.717, 1.165) is 4.90 Å². The van der Waals surface area contributed by atoms with Crippen molar-refractivity contribution in [3.8, 4) is 17.2 Å². The van der Waals surface area contributed by atoms with Crippen LogP contribution in [0.15, 0.2) is 42.5 Å². The molecule has 2 aromatic rings. The van der Waals surface area contributed by atoms with Crippen molar-refractivity contribution in [3.05, 3.63) is 48.0 Å². The number of rotatable bonds is 6. The Labute approximate surface area is 203 Å². The van der Waals surface area contributed by atoms with Gasteiger partial charge in [-0.15, -0.1) is 0 Å². The minimum Gasteiger partial charge on any atom is -0.508 e. The molecule has 4 atom stereocenters. The van der Waals surface area contributed by atoms with Crippen molar-refractivity contribution < 1.29 is 33.7 Å². The molecule has 2 N–H and O–H groups in total. The number of carbonyl (C=O) groups excluding carboxylic acids is 3. The van der Waals surface area contributed by atoms with Crippen LogP contribution in [0.4, 0.5) is 5.69 Å². The summed E-state index contributed by atoms with van der Waals surface area (Å²) in [6.45, 7) is 4.59. The normalized spacial score (nSPS) is 27.1. The fourth-order valence-electron chi connectivity index (χ4n) is 5.57. The molecule has 0 saturated carbocycles. The molecule has 0 radical (unpaired) electrons. The zero-order valence-electron chi connectivity index (χ0n) is 19.7. The number of nitrogens with zero attached hydrogens (tertiary/aromatic N) is 1. The lowest BCUT2D eigenvalue weighted by Gasteiger charge is -2.32. The van der Waals surface area contributed by atoms with Gasteiger partial charge in [0.2, 0.25) is 11.8 Å². The van der Waals surface area contributed by atoms with Gasteiger partial charge in [-0.25, -0.2) is 4.90 Å². The van der Waals surface area contributed by atoms with E-state index in [-0.39, 0.29) is 12.4 Å². The standard InChI is InChI=1S/C26H28N2O7/c1-3-11-26(25(32)33-4-2)21-20(22(27-26)15-5-8-17(29)9-6-15)23(30)28(24(21)31)16-7-10-18-19(14-16)35-13-12-34-18/h5-10,14,20-22,27,29H,3-4,11-13H2,1-2H3/t20-,21-,22-,26-/m0/s1. The SMILES string of the molecule is CCC[C@]1(C(=O)OCC)N[C@@H](c2ccc(O)cc2)[C@H]2C(=O)N(c3ccc4c(c3)OCCO4)C(=O)[C@H]21. The highest BCUT2D eigenvalue weighted by atomic mass is 16.6. The van der Waals surface area contributed by atoms with Crippen LogP contribution in [0.25, 0.3) is 0 Å². The monoisotopic (exact) mass is 480 g/mol. The van der Waals surface area contributed by atoms with Gasteiger partial charge >= 0.3 is 5.97 Å². The number of anilines is 1. The maximum Gasteiger partial charge on any atom is 0.327 e. The molecule has 3 aliphatic rings. The Morgan fingerprint density at radius 1 is 1.09 bits per heavy atom. The molecular weight excluding hydrogens is 452 g/mol. The molecule has 0 aromatic heterocycles. The van der Waals surface area contributed by atoms with E-state index in [2.05, 4.69) is 5.32 Å². The van der Waals surface area contributed by atoms with Crippen LogP contribution in [-0.4, -0.2) is 48.2 Å². The number of fused-ring (bicyclic) bond motifs is 2. The molecule has 5 rings (SSSR count). The van der Waals surface area contributed by atoms with Crippen molar-refractivity contribution in [2.75, 3.05) is 24.7 Å². The summed E-state index contributed by atoms with van der Waals surface area (Å²) >= 11 is 0. The number of aromatic hydroxyl groups is 1. The zero-order chi connectivity index (χ0) is 24.7. The van der Waals surface area contributed by atoms with Crippen molar-refractivity contribution in [1.82, 2.24) is 5.32 Å². The lowest BCUT2D eigenvalue weighted by atomic mass is 9.77. The number of benzene rings is 2. The number of ether oxygens (including phenoxy) is 3. The molecule has 2 fully saturated rings. The van der Waals surface area contributed by atoms with Gasteiger partial charge in [-0.1, -0.05) is 25.5 Å². The highest BCUT2D eigenvalue weighted by Crippen LogP contribution is 2.52. The number of phenols is 1. The van der Waals surface area contributed by atoms with Crippen molar-refractivity contribution in [2.24, 2.45) is 11.8 Å². The third-order valence-corrected chi connectivity index (χ3v) is 6.97. The van der Waals surface area contributed by atoms with Crippen molar-refractivity contribution in [3.63, 3.8) is 0 Å². The molecule has 0 unspecified atom stereocenters. The van der Waals surface area contributed by atoms with Crippen LogP contribution in [0.3, 0.4) is 0 Å². The van der Waals surface area contributed by atoms with E-state index < -0.39 is 41.2 Å². The lowest BCUT2D eigenvalue weighted by Crippen LogP contribution is -2.56. The second-order valence-electron chi connectivity index (χ2n) is 9.00. The second kappa shape index (κ2) is 8.88. The molecular formula is C26H28N2O7. The molecule has 2 saturated heterocycles. The van der Waals surface area contributed by atoms with E-state index in [0.29, 0.717) is 48.8 Å². The number of nitrogens with one attached hydrogen (secondary N) is 1. The summed E-state index contributed by atoms with van der Waals surface area (Å²) in [5.74, 6) is -2.06. The molecule has 9 heteroatoms. The van der Waals surface area contributed by atoms with Gasteiger partial charge in [-0.2, -0.15) is 0 Å². The first-order chi connectivity index (χ1) is 16.9. The largest absolute Gasteiger partial charge is 0.508 e. The summed E-state index contributed by atoms with van der Waals surface area (Å²) in [5, 5.41) is 13.1. The van der Waals surface area contributed by atoms with Gasteiger partial charge < -0.3 is 19.3 Å². The van der Waals surface area contributed by atoms with Crippen LogP contribution in [0.5, 0.6) is 17.2 Å². The number of esters is 1. The van der Waals surface area contributed by atoms with Gasteiger partial charge in [-0.3, -0.25) is 19.7 Å². The summed E-state index contributed by atoms with van der Waals surface area (Å²) in [6.07, 6.45) is 0.929. The fourth-order valence-corrected chi connectivity index (χ4v) is 5.57.